The fourth-order valence-corrected chi connectivity index (χ4v) is 3.28. The minimum atomic E-state index is 0.735. The van der Waals surface area contributed by atoms with Crippen LogP contribution in [0.5, 0.6) is 0 Å². The molecule has 7 heteroatoms. The number of benzene rings is 1. The summed E-state index contributed by atoms with van der Waals surface area (Å²) in [5.41, 5.74) is 2.13. The molecule has 114 valence electrons. The lowest BCUT2D eigenvalue weighted by molar-refractivity contribution is 0.631. The predicted octanol–water partition coefficient (Wildman–Crippen LogP) is 2.28. The smallest absolute Gasteiger partial charge is 0.205 e. The number of H-pyrrole nitrogens is 1. The molecule has 0 saturated carbocycles. The number of piperazine rings is 1. The Morgan fingerprint density at radius 3 is 2.64 bits per heavy atom. The molecule has 3 heterocycles. The van der Waals surface area contributed by atoms with Crippen molar-refractivity contribution >= 4 is 34.1 Å². The van der Waals surface area contributed by atoms with Gasteiger partial charge < -0.3 is 14.4 Å². The SMILES string of the molecule is Cn1ccnc1N1CCN(c2cc(Cl)cc3[nH]ncc23)CC1. The van der Waals surface area contributed by atoms with Crippen molar-refractivity contribution in [3.8, 4) is 0 Å². The Morgan fingerprint density at radius 2 is 1.91 bits per heavy atom. The summed E-state index contributed by atoms with van der Waals surface area (Å²) in [6.45, 7) is 3.76. The van der Waals surface area contributed by atoms with Gasteiger partial charge in [-0.25, -0.2) is 4.98 Å². The molecular formula is C15H17ClN6. The molecule has 1 aliphatic rings. The second-order valence-electron chi connectivity index (χ2n) is 5.57. The molecule has 0 unspecified atom stereocenters. The largest absolute Gasteiger partial charge is 0.367 e. The lowest BCUT2D eigenvalue weighted by atomic mass is 10.2. The number of aromatic amines is 1. The lowest BCUT2D eigenvalue weighted by Crippen LogP contribution is -2.47. The van der Waals surface area contributed by atoms with Gasteiger partial charge in [-0.3, -0.25) is 5.10 Å². The van der Waals surface area contributed by atoms with Crippen molar-refractivity contribution < 1.29 is 0 Å². The second-order valence-corrected chi connectivity index (χ2v) is 6.00. The van der Waals surface area contributed by atoms with Gasteiger partial charge >= 0.3 is 0 Å². The highest BCUT2D eigenvalue weighted by Crippen LogP contribution is 2.30. The van der Waals surface area contributed by atoms with Crippen LogP contribution in [0.25, 0.3) is 10.9 Å². The van der Waals surface area contributed by atoms with Crippen LogP contribution in [0.1, 0.15) is 0 Å². The van der Waals surface area contributed by atoms with Crippen molar-refractivity contribution in [2.75, 3.05) is 36.0 Å². The standard InChI is InChI=1S/C15H17ClN6/c1-20-3-2-17-15(20)22-6-4-21(5-7-22)14-9-11(16)8-13-12(14)10-18-19-13/h2-3,8-10H,4-7H2,1H3,(H,18,19). The van der Waals surface area contributed by atoms with Crippen molar-refractivity contribution in [1.29, 1.82) is 0 Å². The van der Waals surface area contributed by atoms with E-state index in [1.54, 1.807) is 0 Å². The Balaban J connectivity index is 1.58. The summed E-state index contributed by atoms with van der Waals surface area (Å²) in [6, 6.07) is 3.94. The molecule has 0 aliphatic carbocycles. The van der Waals surface area contributed by atoms with Crippen LogP contribution in [0.15, 0.2) is 30.7 Å². The van der Waals surface area contributed by atoms with Gasteiger partial charge in [0, 0.05) is 61.7 Å². The molecule has 6 nitrogen and oxygen atoms in total. The van der Waals surface area contributed by atoms with Gasteiger partial charge in [-0.2, -0.15) is 5.10 Å². The summed E-state index contributed by atoms with van der Waals surface area (Å²) in [7, 11) is 2.03. The number of halogens is 1. The third-order valence-corrected chi connectivity index (χ3v) is 4.42. The van der Waals surface area contributed by atoms with Crippen molar-refractivity contribution in [2.24, 2.45) is 7.05 Å². The first kappa shape index (κ1) is 13.5. The molecule has 1 aromatic carbocycles. The van der Waals surface area contributed by atoms with E-state index in [4.69, 9.17) is 11.6 Å². The molecule has 2 aromatic heterocycles. The maximum Gasteiger partial charge on any atom is 0.205 e. The van der Waals surface area contributed by atoms with Gasteiger partial charge in [-0.15, -0.1) is 0 Å². The maximum absolute atomic E-state index is 6.23. The normalized spacial score (nSPS) is 15.7. The van der Waals surface area contributed by atoms with Gasteiger partial charge in [0.05, 0.1) is 11.7 Å². The molecule has 4 rings (SSSR count). The highest BCUT2D eigenvalue weighted by atomic mass is 35.5. The van der Waals surface area contributed by atoms with Crippen LogP contribution in [0.4, 0.5) is 11.6 Å². The molecular weight excluding hydrogens is 300 g/mol. The molecule has 1 fully saturated rings. The summed E-state index contributed by atoms with van der Waals surface area (Å²) in [6.07, 6.45) is 5.69. The summed E-state index contributed by atoms with van der Waals surface area (Å²) in [5, 5.41) is 8.98. The van der Waals surface area contributed by atoms with Gasteiger partial charge in [0.2, 0.25) is 5.95 Å². The number of aryl methyl sites for hydroxylation is 1. The highest BCUT2D eigenvalue weighted by Gasteiger charge is 2.21. The average molecular weight is 317 g/mol. The molecule has 22 heavy (non-hydrogen) atoms. The van der Waals surface area contributed by atoms with Crippen molar-refractivity contribution in [3.63, 3.8) is 0 Å². The number of nitrogens with zero attached hydrogens (tertiary/aromatic N) is 5. The van der Waals surface area contributed by atoms with Gasteiger partial charge in [-0.05, 0) is 12.1 Å². The van der Waals surface area contributed by atoms with Crippen LogP contribution >= 0.6 is 11.6 Å². The summed E-state index contributed by atoms with van der Waals surface area (Å²) >= 11 is 6.23. The number of fused-ring (bicyclic) bond motifs is 1. The van der Waals surface area contributed by atoms with E-state index < -0.39 is 0 Å². The monoisotopic (exact) mass is 316 g/mol. The lowest BCUT2D eigenvalue weighted by Gasteiger charge is -2.36. The Bertz CT molecular complexity index is 799. The van der Waals surface area contributed by atoms with E-state index >= 15 is 0 Å². The topological polar surface area (TPSA) is 53.0 Å². The zero-order valence-electron chi connectivity index (χ0n) is 12.3. The molecule has 0 atom stereocenters. The Kier molecular flexibility index (Phi) is 3.18. The molecule has 1 aliphatic heterocycles. The van der Waals surface area contributed by atoms with Gasteiger partial charge in [0.15, 0.2) is 0 Å². The second kappa shape index (κ2) is 5.21. The first-order chi connectivity index (χ1) is 10.7. The van der Waals surface area contributed by atoms with Gasteiger partial charge in [-0.1, -0.05) is 11.6 Å². The Morgan fingerprint density at radius 1 is 1.14 bits per heavy atom. The van der Waals surface area contributed by atoms with E-state index in [2.05, 4.69) is 29.5 Å². The van der Waals surface area contributed by atoms with E-state index in [0.717, 1.165) is 53.7 Å². The number of aromatic nitrogens is 4. The van der Waals surface area contributed by atoms with E-state index in [1.807, 2.05) is 37.8 Å². The van der Waals surface area contributed by atoms with Crippen molar-refractivity contribution in [1.82, 2.24) is 19.7 Å². The maximum atomic E-state index is 6.23. The van der Waals surface area contributed by atoms with Crippen LogP contribution in [-0.2, 0) is 7.05 Å². The van der Waals surface area contributed by atoms with E-state index in [-0.39, 0.29) is 0 Å². The van der Waals surface area contributed by atoms with Crippen molar-refractivity contribution in [2.45, 2.75) is 0 Å². The number of hydrogen-bond donors (Lipinski definition) is 1. The Hall–Kier alpha value is -2.21. The number of anilines is 2. The molecule has 0 spiro atoms. The minimum absolute atomic E-state index is 0.735. The zero-order chi connectivity index (χ0) is 15.1. The molecule has 3 aromatic rings. The first-order valence-electron chi connectivity index (χ1n) is 7.32. The fourth-order valence-electron chi connectivity index (χ4n) is 3.07. The van der Waals surface area contributed by atoms with Crippen LogP contribution in [0, 0.1) is 0 Å². The molecule has 0 bridgehead atoms. The molecule has 1 saturated heterocycles. The fraction of sp³-hybridized carbons (Fsp3) is 0.333. The third kappa shape index (κ3) is 2.20. The van der Waals surface area contributed by atoms with Gasteiger partial charge in [0.25, 0.3) is 0 Å². The van der Waals surface area contributed by atoms with E-state index in [9.17, 15) is 0 Å². The number of nitrogens with one attached hydrogen (secondary N) is 1. The molecule has 0 amide bonds. The average Bonchev–Trinajstić information content (AvgIpc) is 3.15. The molecule has 1 N–H and O–H groups in total. The summed E-state index contributed by atoms with van der Waals surface area (Å²) < 4.78 is 2.06. The minimum Gasteiger partial charge on any atom is -0.367 e. The quantitative estimate of drug-likeness (QED) is 0.788. The Labute approximate surface area is 133 Å². The predicted molar refractivity (Wildman–Crippen MR) is 88.7 cm³/mol. The summed E-state index contributed by atoms with van der Waals surface area (Å²) in [4.78, 5) is 9.10. The van der Waals surface area contributed by atoms with Crippen LogP contribution in [0.3, 0.4) is 0 Å². The van der Waals surface area contributed by atoms with Crippen molar-refractivity contribution in [3.05, 3.63) is 35.7 Å². The summed E-state index contributed by atoms with van der Waals surface area (Å²) in [5.74, 6) is 1.03. The van der Waals surface area contributed by atoms with Gasteiger partial charge in [0.1, 0.15) is 0 Å². The van der Waals surface area contributed by atoms with E-state index in [0.29, 0.717) is 0 Å². The van der Waals surface area contributed by atoms with Crippen LogP contribution in [-0.4, -0.2) is 45.9 Å². The van der Waals surface area contributed by atoms with Crippen LogP contribution in [0.2, 0.25) is 5.02 Å². The number of hydrogen-bond acceptors (Lipinski definition) is 4. The van der Waals surface area contributed by atoms with Crippen LogP contribution < -0.4 is 9.80 Å². The highest BCUT2D eigenvalue weighted by molar-refractivity contribution is 6.31. The zero-order valence-corrected chi connectivity index (χ0v) is 13.1. The molecule has 0 radical (unpaired) electrons. The third-order valence-electron chi connectivity index (χ3n) is 4.20. The van der Waals surface area contributed by atoms with E-state index in [1.165, 1.54) is 0 Å². The number of imidazole rings is 1. The number of rotatable bonds is 2. The first-order valence-corrected chi connectivity index (χ1v) is 7.70.